The normalized spacial score (nSPS) is 12.0. The van der Waals surface area contributed by atoms with Crippen LogP contribution >= 0.6 is 0 Å². The third-order valence-corrected chi connectivity index (χ3v) is 4.88. The molecule has 0 aliphatic carbocycles. The summed E-state index contributed by atoms with van der Waals surface area (Å²) in [5, 5.41) is 0. The molecule has 0 atom stereocenters. The second kappa shape index (κ2) is 17.6. The quantitative estimate of drug-likeness (QED) is 0.139. The molecule has 0 saturated carbocycles. The smallest absolute Gasteiger partial charge is 0.306 e. The van der Waals surface area contributed by atoms with Gasteiger partial charge in [-0.15, -0.1) is 0 Å². The lowest BCUT2D eigenvalue weighted by Crippen LogP contribution is -2.27. The summed E-state index contributed by atoms with van der Waals surface area (Å²) in [6, 6.07) is 0. The fourth-order valence-electron chi connectivity index (χ4n) is 3.35. The Morgan fingerprint density at radius 1 is 0.731 bits per heavy atom. The third-order valence-electron chi connectivity index (χ3n) is 4.88. The van der Waals surface area contributed by atoms with Gasteiger partial charge in [0.05, 0.1) is 0 Å². The van der Waals surface area contributed by atoms with Crippen molar-refractivity contribution in [2.24, 2.45) is 0 Å². The highest BCUT2D eigenvalue weighted by Gasteiger charge is 2.21. The van der Waals surface area contributed by atoms with Gasteiger partial charge in [-0.25, -0.2) is 0 Å². The van der Waals surface area contributed by atoms with Crippen molar-refractivity contribution in [1.82, 2.24) is 0 Å². The molecule has 154 valence electrons. The Hall–Kier alpha value is -0.790. The van der Waals surface area contributed by atoms with Crippen LogP contribution in [0.15, 0.2) is 12.2 Å². The Kier molecular flexibility index (Phi) is 17.1. The Labute approximate surface area is 164 Å². The Morgan fingerprint density at radius 2 is 1.23 bits per heavy atom. The number of carbonyl (C=O) groups excluding carboxylic acids is 1. The van der Waals surface area contributed by atoms with E-state index >= 15 is 0 Å². The molecular formula is C24H46O2. The van der Waals surface area contributed by atoms with Crippen LogP contribution < -0.4 is 0 Å². The van der Waals surface area contributed by atoms with E-state index in [0.29, 0.717) is 6.42 Å². The van der Waals surface area contributed by atoms with E-state index in [4.69, 9.17) is 4.74 Å². The SMILES string of the molecule is CCCCCCCC/C=C\CCCCCCCC(=O)OC(C)(C)CCC. The number of ether oxygens (including phenoxy) is 1. The molecule has 0 radical (unpaired) electrons. The molecule has 0 aromatic heterocycles. The minimum absolute atomic E-state index is 0.0268. The zero-order valence-corrected chi connectivity index (χ0v) is 18.3. The number of carbonyl (C=O) groups is 1. The fraction of sp³-hybridized carbons (Fsp3) is 0.875. The van der Waals surface area contributed by atoms with Crippen molar-refractivity contribution in [2.75, 3.05) is 0 Å². The minimum Gasteiger partial charge on any atom is -0.460 e. The topological polar surface area (TPSA) is 26.3 Å². The molecule has 2 heteroatoms. The molecule has 0 rings (SSSR count). The first-order valence-electron chi connectivity index (χ1n) is 11.4. The highest BCUT2D eigenvalue weighted by molar-refractivity contribution is 5.69. The maximum Gasteiger partial charge on any atom is 0.306 e. The molecule has 0 spiro atoms. The summed E-state index contributed by atoms with van der Waals surface area (Å²) in [5.41, 5.74) is -0.298. The molecule has 2 nitrogen and oxygen atoms in total. The predicted molar refractivity (Wildman–Crippen MR) is 115 cm³/mol. The zero-order chi connectivity index (χ0) is 19.5. The van der Waals surface area contributed by atoms with Gasteiger partial charge in [0.1, 0.15) is 5.60 Å². The zero-order valence-electron chi connectivity index (χ0n) is 18.3. The largest absolute Gasteiger partial charge is 0.460 e. The Bertz CT molecular complexity index is 344. The predicted octanol–water partition coefficient (Wildman–Crippen LogP) is 8.15. The van der Waals surface area contributed by atoms with Crippen molar-refractivity contribution in [1.29, 1.82) is 0 Å². The molecule has 0 unspecified atom stereocenters. The Morgan fingerprint density at radius 3 is 1.77 bits per heavy atom. The fourth-order valence-corrected chi connectivity index (χ4v) is 3.35. The average molecular weight is 367 g/mol. The van der Waals surface area contributed by atoms with Crippen molar-refractivity contribution in [3.8, 4) is 0 Å². The van der Waals surface area contributed by atoms with Crippen LogP contribution in [0.3, 0.4) is 0 Å². The molecule has 0 saturated heterocycles. The second-order valence-electron chi connectivity index (χ2n) is 8.32. The van der Waals surface area contributed by atoms with E-state index < -0.39 is 0 Å². The van der Waals surface area contributed by atoms with E-state index in [-0.39, 0.29) is 11.6 Å². The standard InChI is InChI=1S/C24H46O2/c1-5-7-8-9-10-11-12-13-14-15-16-17-18-19-20-21-23(25)26-24(3,4)22-6-2/h13-14H,5-12,15-22H2,1-4H3/b14-13-. The van der Waals surface area contributed by atoms with Gasteiger partial charge in [-0.05, 0) is 52.4 Å². The first-order chi connectivity index (χ1) is 12.5. The number of hydrogen-bond acceptors (Lipinski definition) is 2. The summed E-state index contributed by atoms with van der Waals surface area (Å²) in [5.74, 6) is -0.0268. The molecule has 0 aromatic rings. The highest BCUT2D eigenvalue weighted by Crippen LogP contribution is 2.18. The summed E-state index contributed by atoms with van der Waals surface area (Å²) in [6.45, 7) is 8.41. The molecule has 0 aliphatic heterocycles. The lowest BCUT2D eigenvalue weighted by molar-refractivity contribution is -0.157. The first kappa shape index (κ1) is 25.2. The van der Waals surface area contributed by atoms with Gasteiger partial charge in [-0.2, -0.15) is 0 Å². The average Bonchev–Trinajstić information content (AvgIpc) is 2.57. The number of esters is 1. The molecule has 0 heterocycles. The maximum atomic E-state index is 11.8. The van der Waals surface area contributed by atoms with Gasteiger partial charge < -0.3 is 4.74 Å². The van der Waals surface area contributed by atoms with Gasteiger partial charge >= 0.3 is 5.97 Å². The maximum absolute atomic E-state index is 11.8. The van der Waals surface area contributed by atoms with E-state index in [1.54, 1.807) is 0 Å². The van der Waals surface area contributed by atoms with Gasteiger partial charge in [0.2, 0.25) is 0 Å². The molecule has 0 N–H and O–H groups in total. The van der Waals surface area contributed by atoms with Gasteiger partial charge in [-0.1, -0.05) is 83.8 Å². The van der Waals surface area contributed by atoms with Crippen LogP contribution in [0.1, 0.15) is 130 Å². The van der Waals surface area contributed by atoms with E-state index in [2.05, 4.69) is 26.0 Å². The van der Waals surface area contributed by atoms with Gasteiger partial charge in [-0.3, -0.25) is 4.79 Å². The summed E-state index contributed by atoms with van der Waals surface area (Å²) >= 11 is 0. The van der Waals surface area contributed by atoms with E-state index in [0.717, 1.165) is 25.7 Å². The summed E-state index contributed by atoms with van der Waals surface area (Å²) < 4.78 is 5.55. The number of unbranched alkanes of at least 4 members (excludes halogenated alkanes) is 11. The van der Waals surface area contributed by atoms with Crippen molar-refractivity contribution in [2.45, 2.75) is 136 Å². The van der Waals surface area contributed by atoms with Gasteiger partial charge in [0.25, 0.3) is 0 Å². The van der Waals surface area contributed by atoms with Crippen LogP contribution in [-0.2, 0) is 9.53 Å². The van der Waals surface area contributed by atoms with Crippen LogP contribution in [0.4, 0.5) is 0 Å². The van der Waals surface area contributed by atoms with Crippen LogP contribution in [-0.4, -0.2) is 11.6 Å². The van der Waals surface area contributed by atoms with Crippen LogP contribution in [0.2, 0.25) is 0 Å². The lowest BCUT2D eigenvalue weighted by Gasteiger charge is -2.24. The van der Waals surface area contributed by atoms with Crippen molar-refractivity contribution >= 4 is 5.97 Å². The highest BCUT2D eigenvalue weighted by atomic mass is 16.6. The van der Waals surface area contributed by atoms with Gasteiger partial charge in [0.15, 0.2) is 0 Å². The molecule has 26 heavy (non-hydrogen) atoms. The molecule has 0 amide bonds. The van der Waals surface area contributed by atoms with Crippen molar-refractivity contribution < 1.29 is 9.53 Å². The Balaban J connectivity index is 3.35. The summed E-state index contributed by atoms with van der Waals surface area (Å²) in [6.07, 6.45) is 23.9. The van der Waals surface area contributed by atoms with E-state index in [9.17, 15) is 4.79 Å². The number of hydrogen-bond donors (Lipinski definition) is 0. The second-order valence-corrected chi connectivity index (χ2v) is 8.32. The number of allylic oxidation sites excluding steroid dienone is 2. The lowest BCUT2D eigenvalue weighted by atomic mass is 10.0. The van der Waals surface area contributed by atoms with E-state index in [1.807, 2.05) is 13.8 Å². The molecule has 0 aliphatic rings. The monoisotopic (exact) mass is 366 g/mol. The molecular weight excluding hydrogens is 320 g/mol. The number of rotatable bonds is 18. The third kappa shape index (κ3) is 18.0. The molecule has 0 fully saturated rings. The van der Waals surface area contributed by atoms with Gasteiger partial charge in [0, 0.05) is 6.42 Å². The molecule has 0 bridgehead atoms. The van der Waals surface area contributed by atoms with Crippen LogP contribution in [0, 0.1) is 0 Å². The van der Waals surface area contributed by atoms with Crippen LogP contribution in [0.25, 0.3) is 0 Å². The van der Waals surface area contributed by atoms with Crippen molar-refractivity contribution in [3.05, 3.63) is 12.2 Å². The first-order valence-corrected chi connectivity index (χ1v) is 11.4. The summed E-state index contributed by atoms with van der Waals surface area (Å²) in [7, 11) is 0. The molecule has 0 aromatic carbocycles. The van der Waals surface area contributed by atoms with Crippen molar-refractivity contribution in [3.63, 3.8) is 0 Å². The van der Waals surface area contributed by atoms with Crippen LogP contribution in [0.5, 0.6) is 0 Å². The minimum atomic E-state index is -0.298. The summed E-state index contributed by atoms with van der Waals surface area (Å²) in [4.78, 5) is 11.8. The van der Waals surface area contributed by atoms with E-state index in [1.165, 1.54) is 70.6 Å².